The van der Waals surface area contributed by atoms with Gasteiger partial charge in [0, 0.05) is 5.56 Å². The zero-order valence-corrected chi connectivity index (χ0v) is 7.01. The highest BCUT2D eigenvalue weighted by Crippen LogP contribution is 1.97. The molecule has 0 heterocycles. The number of Topliss-reactive ketones (excluding diaryl/α,β-unsaturated/α-hetero) is 1. The van der Waals surface area contributed by atoms with Crippen LogP contribution in [-0.2, 0) is 0 Å². The lowest BCUT2D eigenvalue weighted by atomic mass is 10.2. The Morgan fingerprint density at radius 1 is 1.38 bits per heavy atom. The van der Waals surface area contributed by atoms with Gasteiger partial charge in [0.05, 0.1) is 0 Å². The monoisotopic (exact) mass is 183 g/mol. The molecule has 0 amide bonds. The highest BCUT2D eigenvalue weighted by Gasteiger charge is 1.92. The predicted molar refractivity (Wildman–Crippen MR) is 45.2 cm³/mol. The van der Waals surface area contributed by atoms with Gasteiger partial charge in [-0.15, -0.1) is 10.1 Å². The van der Waals surface area contributed by atoms with Crippen LogP contribution in [0.5, 0.6) is 0 Å². The molecular weight excluding hydrogens is 174 g/mol. The molecule has 5 nitrogen and oxygen atoms in total. The number of carbonyl (C=O) groups excluding carboxylic acids is 1. The lowest BCUT2D eigenvalue weighted by Crippen LogP contribution is -1.88. The first-order chi connectivity index (χ1) is 6.04. The third kappa shape index (κ3) is 6.49. The van der Waals surface area contributed by atoms with E-state index < -0.39 is 5.09 Å². The molecule has 70 valence electrons. The summed E-state index contributed by atoms with van der Waals surface area (Å²) >= 11 is 0. The summed E-state index contributed by atoms with van der Waals surface area (Å²) in [5.41, 5.74) is 0.775. The number of nitrogens with zero attached hydrogens (tertiary/aromatic N) is 1. The van der Waals surface area contributed by atoms with Crippen molar-refractivity contribution in [3.8, 4) is 0 Å². The fraction of sp³-hybridized carbons (Fsp3) is 0.125. The van der Waals surface area contributed by atoms with Crippen LogP contribution < -0.4 is 0 Å². The number of benzene rings is 1. The van der Waals surface area contributed by atoms with Crippen LogP contribution in [0.1, 0.15) is 17.3 Å². The van der Waals surface area contributed by atoms with Crippen molar-refractivity contribution >= 4 is 5.78 Å². The SMILES string of the molecule is CC(=O)c1ccccc1.O=[N+]([O-])O. The van der Waals surface area contributed by atoms with Gasteiger partial charge < -0.3 is 5.21 Å². The molecule has 1 N–H and O–H groups in total. The molecule has 0 aliphatic heterocycles. The Labute approximate surface area is 74.7 Å². The van der Waals surface area contributed by atoms with Crippen LogP contribution in [0, 0.1) is 10.1 Å². The minimum atomic E-state index is -1.50. The van der Waals surface area contributed by atoms with Gasteiger partial charge in [-0.3, -0.25) is 4.79 Å². The van der Waals surface area contributed by atoms with Crippen molar-refractivity contribution in [2.45, 2.75) is 6.92 Å². The smallest absolute Gasteiger partial charge is 0.291 e. The molecule has 0 fully saturated rings. The van der Waals surface area contributed by atoms with Crippen molar-refractivity contribution in [2.24, 2.45) is 0 Å². The number of ketones is 1. The fourth-order valence-corrected chi connectivity index (χ4v) is 0.673. The maximum atomic E-state index is 10.6. The predicted octanol–water partition coefficient (Wildman–Crippen LogP) is 1.54. The van der Waals surface area contributed by atoms with E-state index in [0.717, 1.165) is 5.56 Å². The first kappa shape index (κ1) is 11.1. The molecule has 0 unspecified atom stereocenters. The van der Waals surface area contributed by atoms with E-state index in [2.05, 4.69) is 0 Å². The second-order valence-electron chi connectivity index (χ2n) is 2.16. The standard InChI is InChI=1S/C8H8O.HNO3/c1-7(9)8-5-3-2-4-6-8;2-1(3)4/h2-6H,1H3;(H,2,3,4). The summed E-state index contributed by atoms with van der Waals surface area (Å²) in [4.78, 5) is 19.0. The second kappa shape index (κ2) is 5.70. The summed E-state index contributed by atoms with van der Waals surface area (Å²) in [6, 6.07) is 9.23. The van der Waals surface area contributed by atoms with Crippen LogP contribution in [0.15, 0.2) is 30.3 Å². The molecule has 0 radical (unpaired) electrons. The lowest BCUT2D eigenvalue weighted by molar-refractivity contribution is -0.742. The summed E-state index contributed by atoms with van der Waals surface area (Å²) in [6.07, 6.45) is 0. The fourth-order valence-electron chi connectivity index (χ4n) is 0.673. The van der Waals surface area contributed by atoms with E-state index in [-0.39, 0.29) is 5.78 Å². The van der Waals surface area contributed by atoms with Crippen LogP contribution in [0.25, 0.3) is 0 Å². The molecule has 1 aromatic rings. The van der Waals surface area contributed by atoms with Gasteiger partial charge in [-0.2, -0.15) is 0 Å². The van der Waals surface area contributed by atoms with Gasteiger partial charge in [-0.25, -0.2) is 0 Å². The van der Waals surface area contributed by atoms with E-state index in [0.29, 0.717) is 0 Å². The molecule has 0 bridgehead atoms. The maximum absolute atomic E-state index is 10.6. The molecular formula is C8H9NO4. The lowest BCUT2D eigenvalue weighted by Gasteiger charge is -1.89. The van der Waals surface area contributed by atoms with Crippen LogP contribution in [0.2, 0.25) is 0 Å². The van der Waals surface area contributed by atoms with E-state index in [1.54, 1.807) is 6.92 Å². The van der Waals surface area contributed by atoms with E-state index in [1.807, 2.05) is 30.3 Å². The Balaban J connectivity index is 0.000000310. The average Bonchev–Trinajstić information content (AvgIpc) is 2.05. The van der Waals surface area contributed by atoms with Crippen molar-refractivity contribution in [3.63, 3.8) is 0 Å². The second-order valence-corrected chi connectivity index (χ2v) is 2.16. The molecule has 13 heavy (non-hydrogen) atoms. The number of hydrogen-bond donors (Lipinski definition) is 1. The Morgan fingerprint density at radius 3 is 2.00 bits per heavy atom. The van der Waals surface area contributed by atoms with E-state index in [9.17, 15) is 4.79 Å². The van der Waals surface area contributed by atoms with E-state index in [4.69, 9.17) is 15.3 Å². The van der Waals surface area contributed by atoms with Crippen LogP contribution in [0.3, 0.4) is 0 Å². The summed E-state index contributed by atoms with van der Waals surface area (Å²) in [7, 11) is 0. The molecule has 5 heteroatoms. The van der Waals surface area contributed by atoms with Crippen molar-refractivity contribution in [1.82, 2.24) is 0 Å². The van der Waals surface area contributed by atoms with Crippen LogP contribution >= 0.6 is 0 Å². The molecule has 0 spiro atoms. The van der Waals surface area contributed by atoms with Gasteiger partial charge >= 0.3 is 0 Å². The molecule has 0 aliphatic rings. The zero-order valence-electron chi connectivity index (χ0n) is 7.01. The van der Waals surface area contributed by atoms with E-state index >= 15 is 0 Å². The molecule has 1 aromatic carbocycles. The van der Waals surface area contributed by atoms with Crippen LogP contribution in [-0.4, -0.2) is 16.1 Å². The van der Waals surface area contributed by atoms with Gasteiger partial charge in [0.15, 0.2) is 5.78 Å². The first-order valence-corrected chi connectivity index (χ1v) is 3.43. The van der Waals surface area contributed by atoms with Crippen molar-refractivity contribution in [1.29, 1.82) is 0 Å². The molecule has 0 saturated heterocycles. The van der Waals surface area contributed by atoms with Crippen molar-refractivity contribution in [3.05, 3.63) is 46.0 Å². The largest absolute Gasteiger partial charge is 0.328 e. The van der Waals surface area contributed by atoms with Crippen molar-refractivity contribution < 1.29 is 15.1 Å². The number of rotatable bonds is 1. The molecule has 0 aromatic heterocycles. The molecule has 1 rings (SSSR count). The third-order valence-electron chi connectivity index (χ3n) is 1.18. The third-order valence-corrected chi connectivity index (χ3v) is 1.18. The average molecular weight is 183 g/mol. The Bertz CT molecular complexity index is 279. The Hall–Kier alpha value is -1.91. The zero-order chi connectivity index (χ0) is 10.3. The maximum Gasteiger partial charge on any atom is 0.291 e. The molecule has 0 atom stereocenters. The van der Waals surface area contributed by atoms with Crippen LogP contribution in [0.4, 0.5) is 0 Å². The van der Waals surface area contributed by atoms with Gasteiger partial charge in [-0.05, 0) is 6.92 Å². The minimum absolute atomic E-state index is 0.121. The molecule has 0 saturated carbocycles. The summed E-state index contributed by atoms with van der Waals surface area (Å²) < 4.78 is 0. The number of hydrogen-bond acceptors (Lipinski definition) is 3. The van der Waals surface area contributed by atoms with Gasteiger partial charge in [0.25, 0.3) is 5.09 Å². The van der Waals surface area contributed by atoms with E-state index in [1.165, 1.54) is 0 Å². The van der Waals surface area contributed by atoms with Gasteiger partial charge in [0.1, 0.15) is 0 Å². The minimum Gasteiger partial charge on any atom is -0.328 e. The normalized spacial score (nSPS) is 8.08. The summed E-state index contributed by atoms with van der Waals surface area (Å²) in [5.74, 6) is 0.121. The summed E-state index contributed by atoms with van der Waals surface area (Å²) in [6.45, 7) is 1.56. The first-order valence-electron chi connectivity index (χ1n) is 3.43. The highest BCUT2D eigenvalue weighted by atomic mass is 16.9. The van der Waals surface area contributed by atoms with Crippen molar-refractivity contribution in [2.75, 3.05) is 0 Å². The Kier molecular flexibility index (Phi) is 4.87. The molecule has 0 aliphatic carbocycles. The van der Waals surface area contributed by atoms with Gasteiger partial charge in [0.2, 0.25) is 0 Å². The van der Waals surface area contributed by atoms with Gasteiger partial charge in [-0.1, -0.05) is 30.3 Å². The topological polar surface area (TPSA) is 80.4 Å². The summed E-state index contributed by atoms with van der Waals surface area (Å²) in [5, 5.41) is 13.6. The highest BCUT2D eigenvalue weighted by molar-refractivity contribution is 5.93. The Morgan fingerprint density at radius 2 is 1.77 bits per heavy atom. The number of carbonyl (C=O) groups is 1. The quantitative estimate of drug-likeness (QED) is 0.406.